The van der Waals surface area contributed by atoms with Gasteiger partial charge in [0.1, 0.15) is 6.10 Å². The number of carbonyl (C=O) groups is 1. The van der Waals surface area contributed by atoms with Gasteiger partial charge in [-0.3, -0.25) is 4.79 Å². The molecule has 1 amide bonds. The molecule has 1 saturated heterocycles. The van der Waals surface area contributed by atoms with Gasteiger partial charge < -0.3 is 10.0 Å². The van der Waals surface area contributed by atoms with E-state index < -0.39 is 6.10 Å². The maximum atomic E-state index is 11.5. The van der Waals surface area contributed by atoms with Crippen LogP contribution in [0.1, 0.15) is 103 Å². The fraction of sp³-hybridized carbons (Fsp3) is 0.950. The van der Waals surface area contributed by atoms with Crippen LogP contribution in [0.5, 0.6) is 0 Å². The van der Waals surface area contributed by atoms with Crippen molar-refractivity contribution in [1.29, 1.82) is 0 Å². The number of aliphatic hydroxyl groups is 1. The van der Waals surface area contributed by atoms with Gasteiger partial charge in [-0.2, -0.15) is 0 Å². The standard InChI is InChI=1S/C20H39NO2/c1-2-3-4-5-6-7-8-9-10-11-12-13-14-15-16-19(22)20(23)21-17-18-21/h19,22H,2-18H2,1H3. The number of hydrogen-bond acceptors (Lipinski definition) is 2. The summed E-state index contributed by atoms with van der Waals surface area (Å²) < 4.78 is 0. The van der Waals surface area contributed by atoms with Crippen molar-refractivity contribution in [2.24, 2.45) is 0 Å². The Kier molecular flexibility index (Phi) is 12.3. The molecule has 23 heavy (non-hydrogen) atoms. The first-order chi connectivity index (χ1) is 11.3. The monoisotopic (exact) mass is 325 g/mol. The smallest absolute Gasteiger partial charge is 0.251 e. The average Bonchev–Trinajstić information content (AvgIpc) is 3.39. The van der Waals surface area contributed by atoms with Crippen molar-refractivity contribution >= 4 is 5.91 Å². The molecule has 1 unspecified atom stereocenters. The van der Waals surface area contributed by atoms with Gasteiger partial charge in [0, 0.05) is 13.1 Å². The maximum absolute atomic E-state index is 11.5. The molecule has 0 aromatic carbocycles. The second kappa shape index (κ2) is 13.8. The van der Waals surface area contributed by atoms with Gasteiger partial charge in [0.15, 0.2) is 0 Å². The molecule has 0 saturated carbocycles. The number of nitrogens with zero attached hydrogens (tertiary/aromatic N) is 1. The van der Waals surface area contributed by atoms with E-state index in [0.717, 1.165) is 25.9 Å². The van der Waals surface area contributed by atoms with Crippen LogP contribution in [-0.4, -0.2) is 35.1 Å². The van der Waals surface area contributed by atoms with Gasteiger partial charge >= 0.3 is 0 Å². The number of hydrogen-bond donors (Lipinski definition) is 1. The molecule has 0 aliphatic carbocycles. The van der Waals surface area contributed by atoms with E-state index >= 15 is 0 Å². The van der Waals surface area contributed by atoms with Crippen molar-refractivity contribution in [2.45, 2.75) is 109 Å². The first-order valence-corrected chi connectivity index (χ1v) is 10.2. The molecule has 0 bridgehead atoms. The van der Waals surface area contributed by atoms with Gasteiger partial charge in [0.05, 0.1) is 0 Å². The quantitative estimate of drug-likeness (QED) is 0.318. The summed E-state index contributed by atoms with van der Waals surface area (Å²) in [5.41, 5.74) is 0. The Morgan fingerprint density at radius 2 is 1.17 bits per heavy atom. The van der Waals surface area contributed by atoms with E-state index in [1.54, 1.807) is 4.90 Å². The van der Waals surface area contributed by atoms with Crippen molar-refractivity contribution in [2.75, 3.05) is 13.1 Å². The van der Waals surface area contributed by atoms with Crippen molar-refractivity contribution in [3.8, 4) is 0 Å². The first-order valence-electron chi connectivity index (χ1n) is 10.2. The van der Waals surface area contributed by atoms with Crippen LogP contribution in [0.3, 0.4) is 0 Å². The van der Waals surface area contributed by atoms with Crippen LogP contribution < -0.4 is 0 Å². The zero-order chi connectivity index (χ0) is 16.8. The summed E-state index contributed by atoms with van der Waals surface area (Å²) in [4.78, 5) is 13.3. The lowest BCUT2D eigenvalue weighted by Crippen LogP contribution is -2.26. The molecule has 1 heterocycles. The number of rotatable bonds is 16. The summed E-state index contributed by atoms with van der Waals surface area (Å²) in [5, 5.41) is 9.73. The molecule has 1 aliphatic heterocycles. The minimum absolute atomic E-state index is 0.0558. The average molecular weight is 326 g/mol. The Hall–Kier alpha value is -0.570. The van der Waals surface area contributed by atoms with Crippen LogP contribution in [0.2, 0.25) is 0 Å². The normalized spacial score (nSPS) is 15.0. The highest BCUT2D eigenvalue weighted by atomic mass is 16.3. The second-order valence-corrected chi connectivity index (χ2v) is 7.23. The van der Waals surface area contributed by atoms with Crippen molar-refractivity contribution in [1.82, 2.24) is 4.90 Å². The molecule has 136 valence electrons. The van der Waals surface area contributed by atoms with E-state index in [2.05, 4.69) is 6.92 Å². The van der Waals surface area contributed by atoms with Gasteiger partial charge in [0.25, 0.3) is 5.91 Å². The molecule has 1 rings (SSSR count). The molecular weight excluding hydrogens is 286 g/mol. The third-order valence-electron chi connectivity index (χ3n) is 4.88. The van der Waals surface area contributed by atoms with Crippen LogP contribution in [0.4, 0.5) is 0 Å². The molecule has 1 N–H and O–H groups in total. The molecule has 3 nitrogen and oxygen atoms in total. The zero-order valence-corrected chi connectivity index (χ0v) is 15.4. The molecule has 1 fully saturated rings. The Balaban J connectivity index is 1.72. The van der Waals surface area contributed by atoms with E-state index in [1.807, 2.05) is 0 Å². The summed E-state index contributed by atoms with van der Waals surface area (Å²) in [7, 11) is 0. The molecule has 0 aromatic rings. The zero-order valence-electron chi connectivity index (χ0n) is 15.4. The van der Waals surface area contributed by atoms with Gasteiger partial charge in [-0.1, -0.05) is 96.8 Å². The van der Waals surface area contributed by atoms with Crippen LogP contribution in [0.25, 0.3) is 0 Å². The fourth-order valence-electron chi connectivity index (χ4n) is 3.14. The summed E-state index contributed by atoms with van der Waals surface area (Å²) in [6.07, 6.45) is 18.6. The molecule has 0 aromatic heterocycles. The molecule has 1 atom stereocenters. The van der Waals surface area contributed by atoms with Gasteiger partial charge in [-0.25, -0.2) is 0 Å². The molecule has 3 heteroatoms. The minimum atomic E-state index is -0.741. The van der Waals surface area contributed by atoms with Crippen LogP contribution in [0.15, 0.2) is 0 Å². The molecule has 0 radical (unpaired) electrons. The lowest BCUT2D eigenvalue weighted by molar-refractivity contribution is -0.134. The van der Waals surface area contributed by atoms with Crippen LogP contribution in [-0.2, 0) is 4.79 Å². The number of carbonyl (C=O) groups excluding carboxylic acids is 1. The van der Waals surface area contributed by atoms with Gasteiger partial charge in [-0.15, -0.1) is 0 Å². The van der Waals surface area contributed by atoms with E-state index in [0.29, 0.717) is 6.42 Å². The van der Waals surface area contributed by atoms with E-state index in [1.165, 1.54) is 77.0 Å². The number of aliphatic hydroxyl groups excluding tert-OH is 1. The molecular formula is C20H39NO2. The lowest BCUT2D eigenvalue weighted by atomic mass is 10.0. The largest absolute Gasteiger partial charge is 0.383 e. The predicted octanol–water partition coefficient (Wildman–Crippen LogP) is 5.06. The summed E-state index contributed by atoms with van der Waals surface area (Å²) in [6, 6.07) is 0. The summed E-state index contributed by atoms with van der Waals surface area (Å²) in [6.45, 7) is 3.96. The summed E-state index contributed by atoms with van der Waals surface area (Å²) in [5.74, 6) is -0.0558. The predicted molar refractivity (Wildman–Crippen MR) is 97.5 cm³/mol. The number of amides is 1. The Morgan fingerprint density at radius 3 is 1.57 bits per heavy atom. The van der Waals surface area contributed by atoms with E-state index in [-0.39, 0.29) is 5.91 Å². The summed E-state index contributed by atoms with van der Waals surface area (Å²) >= 11 is 0. The van der Waals surface area contributed by atoms with Crippen molar-refractivity contribution in [3.63, 3.8) is 0 Å². The van der Waals surface area contributed by atoms with E-state index in [9.17, 15) is 9.90 Å². The van der Waals surface area contributed by atoms with Crippen LogP contribution in [0, 0.1) is 0 Å². The highest BCUT2D eigenvalue weighted by molar-refractivity contribution is 5.82. The Morgan fingerprint density at radius 1 is 0.783 bits per heavy atom. The first kappa shape index (κ1) is 20.5. The topological polar surface area (TPSA) is 40.3 Å². The third-order valence-corrected chi connectivity index (χ3v) is 4.88. The van der Waals surface area contributed by atoms with E-state index in [4.69, 9.17) is 0 Å². The minimum Gasteiger partial charge on any atom is -0.383 e. The fourth-order valence-corrected chi connectivity index (χ4v) is 3.14. The number of unbranched alkanes of at least 4 members (excludes halogenated alkanes) is 13. The Labute approximate surface area is 143 Å². The third kappa shape index (κ3) is 11.6. The van der Waals surface area contributed by atoms with Crippen molar-refractivity contribution < 1.29 is 9.90 Å². The second-order valence-electron chi connectivity index (χ2n) is 7.23. The SMILES string of the molecule is CCCCCCCCCCCCCCCCC(O)C(=O)N1CC1. The molecule has 1 aliphatic rings. The van der Waals surface area contributed by atoms with Crippen LogP contribution >= 0.6 is 0 Å². The highest BCUT2D eigenvalue weighted by Gasteiger charge is 2.28. The highest BCUT2D eigenvalue weighted by Crippen LogP contribution is 2.15. The van der Waals surface area contributed by atoms with Gasteiger partial charge in [-0.05, 0) is 6.42 Å². The van der Waals surface area contributed by atoms with Crippen molar-refractivity contribution in [3.05, 3.63) is 0 Å². The molecule has 0 spiro atoms. The lowest BCUT2D eigenvalue weighted by Gasteiger charge is -2.09. The maximum Gasteiger partial charge on any atom is 0.251 e. The Bertz CT molecular complexity index is 289. The van der Waals surface area contributed by atoms with Gasteiger partial charge in [0.2, 0.25) is 0 Å².